The summed E-state index contributed by atoms with van der Waals surface area (Å²) in [6.07, 6.45) is 4.74. The monoisotopic (exact) mass is 467 g/mol. The van der Waals surface area contributed by atoms with Gasteiger partial charge in [0.2, 0.25) is 11.8 Å². The second-order valence-electron chi connectivity index (χ2n) is 9.06. The smallest absolute Gasteiger partial charge is 0.257 e. The Balaban J connectivity index is 1.22. The van der Waals surface area contributed by atoms with Gasteiger partial charge >= 0.3 is 0 Å². The maximum Gasteiger partial charge on any atom is 0.257 e. The Kier molecular flexibility index (Phi) is 5.82. The van der Waals surface area contributed by atoms with E-state index in [9.17, 15) is 14.4 Å². The number of carbonyl (C=O) groups excluding carboxylic acids is 3. The topological polar surface area (TPSA) is 77.1 Å². The molecule has 3 amide bonds. The van der Waals surface area contributed by atoms with Crippen molar-refractivity contribution in [2.75, 3.05) is 42.5 Å². The molecule has 0 saturated carbocycles. The zero-order valence-electron chi connectivity index (χ0n) is 18.9. The molecule has 4 heterocycles. The number of aromatic nitrogens is 1. The van der Waals surface area contributed by atoms with Crippen LogP contribution in [-0.2, 0) is 9.59 Å². The zero-order valence-corrected chi connectivity index (χ0v) is 19.7. The van der Waals surface area contributed by atoms with Crippen molar-refractivity contribution in [2.24, 2.45) is 0 Å². The Bertz CT molecular complexity index is 1060. The highest BCUT2D eigenvalue weighted by Gasteiger charge is 2.52. The molecule has 0 N–H and O–H groups in total. The molecule has 2 fully saturated rings. The van der Waals surface area contributed by atoms with E-state index in [0.29, 0.717) is 50.0 Å². The van der Waals surface area contributed by atoms with Crippen LogP contribution in [0.2, 0.25) is 0 Å². The number of carbonyl (C=O) groups is 3. The van der Waals surface area contributed by atoms with Crippen LogP contribution in [0, 0.1) is 0 Å². The van der Waals surface area contributed by atoms with Crippen molar-refractivity contribution in [3.8, 4) is 0 Å². The first-order valence-corrected chi connectivity index (χ1v) is 12.5. The highest BCUT2D eigenvalue weighted by molar-refractivity contribution is 7.13. The fraction of sp³-hybridized carbons (Fsp3) is 0.500. The van der Waals surface area contributed by atoms with Gasteiger partial charge in [-0.05, 0) is 38.3 Å². The molecule has 0 aliphatic carbocycles. The molecule has 33 heavy (non-hydrogen) atoms. The predicted octanol–water partition coefficient (Wildman–Crippen LogP) is 2.96. The minimum absolute atomic E-state index is 0.0490. The Morgan fingerprint density at radius 1 is 1.15 bits per heavy atom. The van der Waals surface area contributed by atoms with Gasteiger partial charge in [0.25, 0.3) is 5.91 Å². The molecular weight excluding hydrogens is 438 g/mol. The van der Waals surface area contributed by atoms with Gasteiger partial charge in [0.15, 0.2) is 5.13 Å². The van der Waals surface area contributed by atoms with E-state index in [2.05, 4.69) is 9.88 Å². The average molecular weight is 468 g/mol. The number of nitrogens with zero attached hydrogens (tertiary/aromatic N) is 5. The van der Waals surface area contributed by atoms with E-state index >= 15 is 0 Å². The normalized spacial score (nSPS) is 22.9. The van der Waals surface area contributed by atoms with Gasteiger partial charge in [0, 0.05) is 57.1 Å². The van der Waals surface area contributed by atoms with Crippen LogP contribution >= 0.6 is 11.3 Å². The number of rotatable bonds is 5. The summed E-state index contributed by atoms with van der Waals surface area (Å²) in [4.78, 5) is 51.1. The Morgan fingerprint density at radius 3 is 2.82 bits per heavy atom. The maximum absolute atomic E-state index is 13.3. The average Bonchev–Trinajstić information content (AvgIpc) is 3.37. The Labute approximate surface area is 197 Å². The second kappa shape index (κ2) is 8.78. The molecular formula is C24H29N5O3S. The van der Waals surface area contributed by atoms with Crippen LogP contribution in [0.3, 0.4) is 0 Å². The molecule has 2 saturated heterocycles. The minimum atomic E-state index is -0.664. The maximum atomic E-state index is 13.3. The van der Waals surface area contributed by atoms with Gasteiger partial charge < -0.3 is 14.7 Å². The lowest BCUT2D eigenvalue weighted by Crippen LogP contribution is -2.62. The van der Waals surface area contributed by atoms with E-state index < -0.39 is 5.66 Å². The van der Waals surface area contributed by atoms with Crippen molar-refractivity contribution in [2.45, 2.75) is 44.7 Å². The summed E-state index contributed by atoms with van der Waals surface area (Å²) in [5, 5.41) is 2.99. The molecule has 0 bridgehead atoms. The summed E-state index contributed by atoms with van der Waals surface area (Å²) >= 11 is 1.63. The molecule has 0 radical (unpaired) electrons. The van der Waals surface area contributed by atoms with Crippen molar-refractivity contribution in [1.29, 1.82) is 0 Å². The van der Waals surface area contributed by atoms with Crippen molar-refractivity contribution in [3.05, 3.63) is 41.4 Å². The summed E-state index contributed by atoms with van der Waals surface area (Å²) in [5.41, 5.74) is 0.600. The van der Waals surface area contributed by atoms with E-state index in [1.807, 2.05) is 41.6 Å². The Hall–Kier alpha value is -2.94. The van der Waals surface area contributed by atoms with Crippen LogP contribution in [0.1, 0.15) is 49.4 Å². The fourth-order valence-corrected chi connectivity index (χ4v) is 6.02. The summed E-state index contributed by atoms with van der Waals surface area (Å²) in [5.74, 6) is 0.124. The third-order valence-electron chi connectivity index (χ3n) is 7.06. The lowest BCUT2D eigenvalue weighted by atomic mass is 9.98. The third-order valence-corrected chi connectivity index (χ3v) is 7.89. The zero-order chi connectivity index (χ0) is 23.0. The molecule has 2 aromatic rings. The second-order valence-corrected chi connectivity index (χ2v) is 9.93. The SMILES string of the molecule is CC12CCC(=O)N1c1ccccc1C(=O)N2CCCC(=O)N1CCCN(c2nccs2)CC1. The number of amides is 3. The van der Waals surface area contributed by atoms with Gasteiger partial charge in [0.1, 0.15) is 5.66 Å². The van der Waals surface area contributed by atoms with Crippen molar-refractivity contribution in [1.82, 2.24) is 14.8 Å². The molecule has 8 nitrogen and oxygen atoms in total. The molecule has 5 rings (SSSR count). The van der Waals surface area contributed by atoms with E-state index in [-0.39, 0.29) is 17.7 Å². The lowest BCUT2D eigenvalue weighted by Gasteiger charge is -2.48. The van der Waals surface area contributed by atoms with Crippen LogP contribution in [0.15, 0.2) is 35.8 Å². The number of thiazole rings is 1. The number of fused-ring (bicyclic) bond motifs is 3. The standard InChI is InChI=1S/C24H29N5O3S/c1-24-10-9-21(31)29(24)19-7-3-2-6-18(19)22(32)28(24)14-4-8-20(30)26-12-5-13-27(16-15-26)23-25-11-17-33-23/h2-3,6-7,11,17H,4-5,8-10,12-16H2,1H3. The number of hydrogen-bond donors (Lipinski definition) is 0. The van der Waals surface area contributed by atoms with Gasteiger partial charge in [0.05, 0.1) is 11.3 Å². The molecule has 1 unspecified atom stereocenters. The van der Waals surface area contributed by atoms with Crippen LogP contribution in [-0.4, -0.2) is 70.9 Å². The molecule has 0 spiro atoms. The van der Waals surface area contributed by atoms with Crippen LogP contribution < -0.4 is 9.80 Å². The van der Waals surface area contributed by atoms with E-state index in [4.69, 9.17) is 0 Å². The number of hydrogen-bond acceptors (Lipinski definition) is 6. The van der Waals surface area contributed by atoms with Crippen molar-refractivity contribution in [3.63, 3.8) is 0 Å². The van der Waals surface area contributed by atoms with E-state index in [1.54, 1.807) is 27.2 Å². The van der Waals surface area contributed by atoms with Crippen molar-refractivity contribution >= 4 is 39.9 Å². The number of benzene rings is 1. The van der Waals surface area contributed by atoms with Crippen LogP contribution in [0.5, 0.6) is 0 Å². The first kappa shape index (κ1) is 21.9. The van der Waals surface area contributed by atoms with Gasteiger partial charge in [-0.1, -0.05) is 12.1 Å². The molecule has 1 atom stereocenters. The Morgan fingerprint density at radius 2 is 2.00 bits per heavy atom. The van der Waals surface area contributed by atoms with Crippen LogP contribution in [0.25, 0.3) is 0 Å². The summed E-state index contributed by atoms with van der Waals surface area (Å²) < 4.78 is 0. The minimum Gasteiger partial charge on any atom is -0.346 e. The fourth-order valence-electron chi connectivity index (χ4n) is 5.32. The highest BCUT2D eigenvalue weighted by Crippen LogP contribution is 2.44. The third kappa shape index (κ3) is 3.88. The van der Waals surface area contributed by atoms with Crippen LogP contribution in [0.4, 0.5) is 10.8 Å². The van der Waals surface area contributed by atoms with Gasteiger partial charge in [-0.25, -0.2) is 4.98 Å². The highest BCUT2D eigenvalue weighted by atomic mass is 32.1. The molecule has 174 valence electrons. The molecule has 1 aromatic carbocycles. The first-order valence-electron chi connectivity index (χ1n) is 11.7. The largest absolute Gasteiger partial charge is 0.346 e. The summed E-state index contributed by atoms with van der Waals surface area (Å²) in [6.45, 7) is 5.55. The summed E-state index contributed by atoms with van der Waals surface area (Å²) in [7, 11) is 0. The molecule has 1 aromatic heterocycles. The van der Waals surface area contributed by atoms with E-state index in [1.165, 1.54) is 0 Å². The van der Waals surface area contributed by atoms with E-state index in [0.717, 1.165) is 31.2 Å². The summed E-state index contributed by atoms with van der Waals surface area (Å²) in [6, 6.07) is 7.33. The van der Waals surface area contributed by atoms with Crippen molar-refractivity contribution < 1.29 is 14.4 Å². The van der Waals surface area contributed by atoms with Gasteiger partial charge in [-0.15, -0.1) is 11.3 Å². The van der Waals surface area contributed by atoms with Gasteiger partial charge in [-0.2, -0.15) is 0 Å². The molecule has 9 heteroatoms. The van der Waals surface area contributed by atoms with Gasteiger partial charge in [-0.3, -0.25) is 19.3 Å². The first-order chi connectivity index (χ1) is 16.0. The number of anilines is 2. The quantitative estimate of drug-likeness (QED) is 0.676. The lowest BCUT2D eigenvalue weighted by molar-refractivity contribution is -0.131. The predicted molar refractivity (Wildman–Crippen MR) is 127 cm³/mol. The molecule has 3 aliphatic heterocycles. The number of para-hydroxylation sites is 1. The molecule has 3 aliphatic rings.